The Kier molecular flexibility index (Phi) is 0.871. The van der Waals surface area contributed by atoms with Crippen LogP contribution >= 0.6 is 0 Å². The number of rotatable bonds is 0. The molecule has 1 aromatic carbocycles. The molecule has 13 heavy (non-hydrogen) atoms. The summed E-state index contributed by atoms with van der Waals surface area (Å²) in [6.45, 7) is 2.49. The number of hydrogen-bond donors (Lipinski definition) is 0. The van der Waals surface area contributed by atoms with Gasteiger partial charge in [-0.15, -0.1) is 0 Å². The first-order chi connectivity index (χ1) is 6.32. The van der Waals surface area contributed by atoms with Crippen molar-refractivity contribution >= 4 is 0 Å². The first kappa shape index (κ1) is 6.64. The van der Waals surface area contributed by atoms with Gasteiger partial charge in [0.25, 0.3) is 0 Å². The van der Waals surface area contributed by atoms with Crippen LogP contribution in [0.5, 0.6) is 0 Å². The zero-order chi connectivity index (χ0) is 8.63. The van der Waals surface area contributed by atoms with Gasteiger partial charge in [0.1, 0.15) is 0 Å². The van der Waals surface area contributed by atoms with Crippen LogP contribution in [0.1, 0.15) is 36.8 Å². The van der Waals surface area contributed by atoms with E-state index >= 15 is 0 Å². The second kappa shape index (κ2) is 1.70. The maximum Gasteiger partial charge on any atom is -0.00353 e. The van der Waals surface area contributed by atoms with Crippen molar-refractivity contribution in [3.05, 3.63) is 35.4 Å². The summed E-state index contributed by atoms with van der Waals surface area (Å²) in [6, 6.07) is 9.15. The Morgan fingerprint density at radius 3 is 3.08 bits per heavy atom. The summed E-state index contributed by atoms with van der Waals surface area (Å²) in [5.41, 5.74) is 3.95. The minimum atomic E-state index is 0.575. The van der Waals surface area contributed by atoms with E-state index in [0.29, 0.717) is 5.41 Å². The average Bonchev–Trinajstić information content (AvgIpc) is 2.74. The quantitative estimate of drug-likeness (QED) is 0.561. The zero-order valence-electron chi connectivity index (χ0n) is 7.96. The highest BCUT2D eigenvalue weighted by Gasteiger charge is 2.69. The SMILES string of the molecule is C[C@]12CC[C@@H]3[C@H](c4ccccc41)[C@@H]32. The summed E-state index contributed by atoms with van der Waals surface area (Å²) >= 11 is 0. The van der Waals surface area contributed by atoms with Crippen molar-refractivity contribution in [2.24, 2.45) is 11.8 Å². The predicted octanol–water partition coefficient (Wildman–Crippen LogP) is 3.08. The molecule has 0 N–H and O–H groups in total. The van der Waals surface area contributed by atoms with Crippen molar-refractivity contribution < 1.29 is 0 Å². The molecule has 1 aromatic rings. The van der Waals surface area contributed by atoms with Crippen LogP contribution in [-0.2, 0) is 5.41 Å². The smallest absolute Gasteiger partial charge is 0.00353 e. The van der Waals surface area contributed by atoms with E-state index in [0.717, 1.165) is 17.8 Å². The molecule has 2 saturated carbocycles. The topological polar surface area (TPSA) is 0 Å². The fourth-order valence-corrected chi connectivity index (χ4v) is 4.28. The van der Waals surface area contributed by atoms with Gasteiger partial charge in [-0.1, -0.05) is 31.2 Å². The van der Waals surface area contributed by atoms with Crippen LogP contribution in [0.15, 0.2) is 24.3 Å². The fourth-order valence-electron chi connectivity index (χ4n) is 4.28. The summed E-state index contributed by atoms with van der Waals surface area (Å²) in [5, 5.41) is 0. The van der Waals surface area contributed by atoms with E-state index in [1.807, 2.05) is 0 Å². The highest BCUT2D eigenvalue weighted by Crippen LogP contribution is 2.76. The molecule has 0 aliphatic heterocycles. The second-order valence-corrected chi connectivity index (χ2v) is 5.26. The van der Waals surface area contributed by atoms with Crippen molar-refractivity contribution in [1.29, 1.82) is 0 Å². The average molecular weight is 170 g/mol. The van der Waals surface area contributed by atoms with Crippen LogP contribution < -0.4 is 0 Å². The number of benzene rings is 1. The summed E-state index contributed by atoms with van der Waals surface area (Å²) in [4.78, 5) is 0. The molecule has 66 valence electrons. The molecular formula is C13H14. The third-order valence-corrected chi connectivity index (χ3v) is 4.84. The minimum absolute atomic E-state index is 0.575. The standard InChI is InChI=1S/C13H14/c1-13-7-6-9-11(12(9)13)8-4-2-3-5-10(8)13/h2-5,9,11-12H,6-7H2,1H3/t9-,11+,12-,13+/m1/s1. The van der Waals surface area contributed by atoms with Gasteiger partial charge in [-0.05, 0) is 47.1 Å². The van der Waals surface area contributed by atoms with Crippen LogP contribution in [0.4, 0.5) is 0 Å². The molecule has 0 bridgehead atoms. The van der Waals surface area contributed by atoms with E-state index in [9.17, 15) is 0 Å². The van der Waals surface area contributed by atoms with Crippen molar-refractivity contribution in [1.82, 2.24) is 0 Å². The van der Waals surface area contributed by atoms with Gasteiger partial charge in [-0.25, -0.2) is 0 Å². The van der Waals surface area contributed by atoms with Gasteiger partial charge in [-0.3, -0.25) is 0 Å². The summed E-state index contributed by atoms with van der Waals surface area (Å²) in [5.74, 6) is 3.07. The lowest BCUT2D eigenvalue weighted by Crippen LogP contribution is -2.18. The molecule has 0 heterocycles. The van der Waals surface area contributed by atoms with Gasteiger partial charge < -0.3 is 0 Å². The van der Waals surface area contributed by atoms with Gasteiger partial charge in [0, 0.05) is 0 Å². The summed E-state index contributed by atoms with van der Waals surface area (Å²) in [7, 11) is 0. The fraction of sp³-hybridized carbons (Fsp3) is 0.538. The second-order valence-electron chi connectivity index (χ2n) is 5.26. The molecule has 3 aliphatic carbocycles. The highest BCUT2D eigenvalue weighted by atomic mass is 14.7. The Bertz CT molecular complexity index is 393. The van der Waals surface area contributed by atoms with Crippen LogP contribution in [0.3, 0.4) is 0 Å². The van der Waals surface area contributed by atoms with E-state index in [4.69, 9.17) is 0 Å². The normalized spacial score (nSPS) is 48.8. The Balaban J connectivity index is 2.05. The molecule has 4 rings (SSSR count). The number of fused-ring (bicyclic) bond motifs is 4. The molecule has 0 radical (unpaired) electrons. The van der Waals surface area contributed by atoms with E-state index in [1.54, 1.807) is 11.1 Å². The van der Waals surface area contributed by atoms with Gasteiger partial charge in [0.05, 0.1) is 0 Å². The van der Waals surface area contributed by atoms with Crippen molar-refractivity contribution in [3.8, 4) is 0 Å². The van der Waals surface area contributed by atoms with Crippen LogP contribution in [0.25, 0.3) is 0 Å². The van der Waals surface area contributed by atoms with Crippen LogP contribution in [0, 0.1) is 11.8 Å². The Labute approximate surface area is 79.0 Å². The van der Waals surface area contributed by atoms with Crippen molar-refractivity contribution in [3.63, 3.8) is 0 Å². The Hall–Kier alpha value is -0.780. The molecule has 0 nitrogen and oxygen atoms in total. The van der Waals surface area contributed by atoms with E-state index in [-0.39, 0.29) is 0 Å². The Morgan fingerprint density at radius 2 is 2.15 bits per heavy atom. The molecule has 3 aliphatic rings. The molecule has 0 saturated heterocycles. The monoisotopic (exact) mass is 170 g/mol. The van der Waals surface area contributed by atoms with Crippen LogP contribution in [0.2, 0.25) is 0 Å². The first-order valence-electron chi connectivity index (χ1n) is 5.42. The maximum absolute atomic E-state index is 2.49. The summed E-state index contributed by atoms with van der Waals surface area (Å²) < 4.78 is 0. The minimum Gasteiger partial charge on any atom is -0.0620 e. The lowest BCUT2D eigenvalue weighted by atomic mass is 9.81. The molecular weight excluding hydrogens is 156 g/mol. The van der Waals surface area contributed by atoms with Crippen LogP contribution in [-0.4, -0.2) is 0 Å². The molecule has 2 fully saturated rings. The van der Waals surface area contributed by atoms with Crippen molar-refractivity contribution in [2.75, 3.05) is 0 Å². The van der Waals surface area contributed by atoms with Crippen molar-refractivity contribution in [2.45, 2.75) is 31.1 Å². The summed E-state index contributed by atoms with van der Waals surface area (Å²) in [6.07, 6.45) is 2.93. The molecule has 0 aromatic heterocycles. The van der Waals surface area contributed by atoms with E-state index in [2.05, 4.69) is 31.2 Å². The Morgan fingerprint density at radius 1 is 1.31 bits per heavy atom. The third kappa shape index (κ3) is 0.535. The maximum atomic E-state index is 2.49. The predicted molar refractivity (Wildman–Crippen MR) is 52.7 cm³/mol. The lowest BCUT2D eigenvalue weighted by Gasteiger charge is -2.23. The van der Waals surface area contributed by atoms with E-state index < -0.39 is 0 Å². The zero-order valence-corrected chi connectivity index (χ0v) is 7.96. The van der Waals surface area contributed by atoms with Gasteiger partial charge in [0.15, 0.2) is 0 Å². The van der Waals surface area contributed by atoms with Gasteiger partial charge >= 0.3 is 0 Å². The lowest BCUT2D eigenvalue weighted by molar-refractivity contribution is 0.443. The largest absolute Gasteiger partial charge is 0.0620 e. The molecule has 0 amide bonds. The number of hydrogen-bond acceptors (Lipinski definition) is 0. The molecule has 0 spiro atoms. The molecule has 0 unspecified atom stereocenters. The van der Waals surface area contributed by atoms with E-state index in [1.165, 1.54) is 12.8 Å². The highest BCUT2D eigenvalue weighted by molar-refractivity contribution is 5.52. The van der Waals surface area contributed by atoms with Gasteiger partial charge in [-0.2, -0.15) is 0 Å². The van der Waals surface area contributed by atoms with Gasteiger partial charge in [0.2, 0.25) is 0 Å². The third-order valence-electron chi connectivity index (χ3n) is 4.84. The first-order valence-corrected chi connectivity index (χ1v) is 5.42. The molecule has 0 heteroatoms. The molecule has 4 atom stereocenters.